The van der Waals surface area contributed by atoms with Gasteiger partial charge in [-0.15, -0.1) is 0 Å². The molecule has 0 aliphatic rings. The summed E-state index contributed by atoms with van der Waals surface area (Å²) in [7, 11) is 3.90. The molecular weight excluding hydrogens is 376 g/mol. The molecule has 0 saturated carbocycles. The van der Waals surface area contributed by atoms with Crippen LogP contribution in [0.2, 0.25) is 0 Å². The topological polar surface area (TPSA) is 91.2 Å². The smallest absolute Gasteiger partial charge is 0.250 e. The quantitative estimate of drug-likeness (QED) is 0.544. The molecule has 0 saturated heterocycles. The number of hydrogen-bond acceptors (Lipinski definition) is 3. The zero-order valence-electron chi connectivity index (χ0n) is 18.1. The maximum Gasteiger partial charge on any atom is 0.250 e. The number of carbonyl (C=O) groups excluding carboxylic acids is 2. The maximum atomic E-state index is 12.3. The van der Waals surface area contributed by atoms with E-state index < -0.39 is 5.91 Å². The molecule has 0 unspecified atom stereocenters. The van der Waals surface area contributed by atoms with E-state index in [0.717, 1.165) is 44.5 Å². The summed E-state index contributed by atoms with van der Waals surface area (Å²) >= 11 is 0. The van der Waals surface area contributed by atoms with Gasteiger partial charge in [-0.05, 0) is 69.3 Å². The molecule has 3 aromatic rings. The number of nitrogens with zero attached hydrogens (tertiary/aromatic N) is 1. The molecule has 6 nitrogen and oxygen atoms in total. The van der Waals surface area contributed by atoms with Crippen LogP contribution in [0.3, 0.4) is 0 Å². The van der Waals surface area contributed by atoms with E-state index in [4.69, 9.17) is 5.73 Å². The summed E-state index contributed by atoms with van der Waals surface area (Å²) in [4.78, 5) is 29.5. The Labute approximate surface area is 176 Å². The first-order chi connectivity index (χ1) is 14.2. The van der Waals surface area contributed by atoms with E-state index >= 15 is 0 Å². The summed E-state index contributed by atoms with van der Waals surface area (Å²) in [5.74, 6) is -0.630. The number of anilines is 1. The molecule has 2 aromatic carbocycles. The molecule has 1 aromatic heterocycles. The molecule has 4 N–H and O–H groups in total. The fourth-order valence-corrected chi connectivity index (χ4v) is 3.63. The van der Waals surface area contributed by atoms with Gasteiger partial charge in [-0.25, -0.2) is 0 Å². The summed E-state index contributed by atoms with van der Waals surface area (Å²) < 4.78 is 0. The fraction of sp³-hybridized carbons (Fsp3) is 0.250. The maximum absolute atomic E-state index is 12.3. The number of nitrogens with one attached hydrogen (secondary N) is 2. The van der Waals surface area contributed by atoms with Gasteiger partial charge in [0.1, 0.15) is 0 Å². The second kappa shape index (κ2) is 8.55. The van der Waals surface area contributed by atoms with Crippen molar-refractivity contribution in [3.05, 3.63) is 64.9 Å². The molecule has 0 spiro atoms. The molecule has 0 aliphatic carbocycles. The SMILES string of the molecule is Cc1[nH]c2c(C(N)=O)ccc(-c3cccc(NC(=O)C=CCN(C)C)c3C)c2c1C. The van der Waals surface area contributed by atoms with Crippen LogP contribution in [0.4, 0.5) is 5.69 Å². The minimum atomic E-state index is -0.463. The van der Waals surface area contributed by atoms with E-state index in [9.17, 15) is 9.59 Å². The number of H-pyrrole nitrogens is 1. The normalized spacial score (nSPS) is 11.5. The van der Waals surface area contributed by atoms with Gasteiger partial charge in [-0.2, -0.15) is 0 Å². The average molecular weight is 405 g/mol. The van der Waals surface area contributed by atoms with Crippen LogP contribution in [0, 0.1) is 20.8 Å². The zero-order valence-corrected chi connectivity index (χ0v) is 18.1. The number of primary amides is 1. The second-order valence-corrected chi connectivity index (χ2v) is 7.78. The molecule has 2 amide bonds. The number of rotatable bonds is 6. The highest BCUT2D eigenvalue weighted by Crippen LogP contribution is 2.37. The van der Waals surface area contributed by atoms with E-state index in [2.05, 4.69) is 10.3 Å². The predicted molar refractivity (Wildman–Crippen MR) is 123 cm³/mol. The third-order valence-corrected chi connectivity index (χ3v) is 5.34. The van der Waals surface area contributed by atoms with Crippen molar-refractivity contribution in [3.63, 3.8) is 0 Å². The summed E-state index contributed by atoms with van der Waals surface area (Å²) in [6.45, 7) is 6.69. The van der Waals surface area contributed by atoms with Gasteiger partial charge in [0.25, 0.3) is 5.91 Å². The summed E-state index contributed by atoms with van der Waals surface area (Å²) in [6, 6.07) is 9.51. The Hall–Kier alpha value is -3.38. The average Bonchev–Trinajstić information content (AvgIpc) is 2.97. The van der Waals surface area contributed by atoms with Crippen LogP contribution in [0.25, 0.3) is 22.0 Å². The Bertz CT molecular complexity index is 1160. The summed E-state index contributed by atoms with van der Waals surface area (Å²) in [6.07, 6.45) is 3.37. The van der Waals surface area contributed by atoms with Gasteiger partial charge in [0.05, 0.1) is 11.1 Å². The number of aryl methyl sites for hydroxylation is 2. The Morgan fingerprint density at radius 1 is 1.07 bits per heavy atom. The van der Waals surface area contributed by atoms with Crippen LogP contribution < -0.4 is 11.1 Å². The van der Waals surface area contributed by atoms with Crippen molar-refractivity contribution < 1.29 is 9.59 Å². The van der Waals surface area contributed by atoms with Crippen molar-refractivity contribution in [2.75, 3.05) is 26.0 Å². The zero-order chi connectivity index (χ0) is 22.0. The Kier molecular flexibility index (Phi) is 6.08. The Morgan fingerprint density at radius 3 is 2.47 bits per heavy atom. The highest BCUT2D eigenvalue weighted by Gasteiger charge is 2.18. The third-order valence-electron chi connectivity index (χ3n) is 5.34. The number of nitrogens with two attached hydrogens (primary N) is 1. The van der Waals surface area contributed by atoms with E-state index in [0.29, 0.717) is 12.1 Å². The lowest BCUT2D eigenvalue weighted by atomic mass is 9.93. The molecular formula is C24H28N4O2. The second-order valence-electron chi connectivity index (χ2n) is 7.78. The van der Waals surface area contributed by atoms with Gasteiger partial charge < -0.3 is 20.9 Å². The van der Waals surface area contributed by atoms with E-state index in [1.807, 2.05) is 70.1 Å². The molecule has 156 valence electrons. The fourth-order valence-electron chi connectivity index (χ4n) is 3.63. The number of hydrogen-bond donors (Lipinski definition) is 3. The van der Waals surface area contributed by atoms with Crippen molar-refractivity contribution in [2.24, 2.45) is 5.73 Å². The van der Waals surface area contributed by atoms with Gasteiger partial charge in [-0.1, -0.05) is 24.3 Å². The molecule has 6 heteroatoms. The van der Waals surface area contributed by atoms with Crippen molar-refractivity contribution in [1.82, 2.24) is 9.88 Å². The first kappa shape index (κ1) is 21.3. The monoisotopic (exact) mass is 404 g/mol. The largest absolute Gasteiger partial charge is 0.366 e. The molecule has 3 rings (SSSR count). The van der Waals surface area contributed by atoms with Gasteiger partial charge >= 0.3 is 0 Å². The van der Waals surface area contributed by atoms with Crippen LogP contribution in [0.5, 0.6) is 0 Å². The predicted octanol–water partition coefficient (Wildman–Crippen LogP) is 3.92. The highest BCUT2D eigenvalue weighted by molar-refractivity contribution is 6.11. The number of fused-ring (bicyclic) bond motifs is 1. The minimum Gasteiger partial charge on any atom is -0.366 e. The number of carbonyl (C=O) groups is 2. The van der Waals surface area contributed by atoms with E-state index in [1.165, 1.54) is 0 Å². The summed E-state index contributed by atoms with van der Waals surface area (Å²) in [5, 5.41) is 3.94. The van der Waals surface area contributed by atoms with Gasteiger partial charge in [0, 0.05) is 29.4 Å². The highest BCUT2D eigenvalue weighted by atomic mass is 16.1. The van der Waals surface area contributed by atoms with Gasteiger partial charge in [0.2, 0.25) is 5.91 Å². The van der Waals surface area contributed by atoms with Gasteiger partial charge in [-0.3, -0.25) is 9.59 Å². The van der Waals surface area contributed by atoms with Crippen LogP contribution in [-0.4, -0.2) is 42.3 Å². The van der Waals surface area contributed by atoms with Crippen LogP contribution in [0.1, 0.15) is 27.2 Å². The molecule has 0 bridgehead atoms. The van der Waals surface area contributed by atoms with Gasteiger partial charge in [0.15, 0.2) is 0 Å². The van der Waals surface area contributed by atoms with Crippen molar-refractivity contribution in [1.29, 1.82) is 0 Å². The number of aromatic nitrogens is 1. The summed E-state index contributed by atoms with van der Waals surface area (Å²) in [5.41, 5.74) is 12.6. The molecule has 0 atom stereocenters. The third kappa shape index (κ3) is 4.14. The van der Waals surface area contributed by atoms with Crippen LogP contribution >= 0.6 is 0 Å². The number of benzene rings is 2. The molecule has 0 radical (unpaired) electrons. The Morgan fingerprint density at radius 2 is 1.80 bits per heavy atom. The Balaban J connectivity index is 2.06. The van der Waals surface area contributed by atoms with Crippen molar-refractivity contribution in [3.8, 4) is 11.1 Å². The molecule has 30 heavy (non-hydrogen) atoms. The minimum absolute atomic E-state index is 0.167. The number of amides is 2. The number of likely N-dealkylation sites (N-methyl/N-ethyl adjacent to an activating group) is 1. The standard InChI is InChI=1S/C24H28N4O2/c1-14-16(3)26-23-19(24(25)30)12-11-18(22(14)23)17-8-6-9-20(15(17)2)27-21(29)10-7-13-28(4)5/h6-12,26H,13H2,1-5H3,(H2,25,30)(H,27,29). The van der Waals surface area contributed by atoms with Crippen LogP contribution in [0.15, 0.2) is 42.5 Å². The lowest BCUT2D eigenvalue weighted by Crippen LogP contribution is -2.13. The number of aromatic amines is 1. The first-order valence-corrected chi connectivity index (χ1v) is 9.84. The lowest BCUT2D eigenvalue weighted by molar-refractivity contribution is -0.111. The lowest BCUT2D eigenvalue weighted by Gasteiger charge is -2.14. The van der Waals surface area contributed by atoms with E-state index in [1.54, 1.807) is 12.1 Å². The molecule has 1 heterocycles. The molecule has 0 fully saturated rings. The molecule has 0 aliphatic heterocycles. The van der Waals surface area contributed by atoms with Crippen LogP contribution in [-0.2, 0) is 4.79 Å². The van der Waals surface area contributed by atoms with Crippen molar-refractivity contribution in [2.45, 2.75) is 20.8 Å². The first-order valence-electron chi connectivity index (χ1n) is 9.84. The van der Waals surface area contributed by atoms with E-state index in [-0.39, 0.29) is 5.91 Å². The van der Waals surface area contributed by atoms with Crippen molar-refractivity contribution >= 4 is 28.4 Å².